The predicted octanol–water partition coefficient (Wildman–Crippen LogP) is 1.33. The van der Waals surface area contributed by atoms with Crippen LogP contribution in [0, 0.1) is 5.92 Å². The minimum atomic E-state index is -0.672. The molecule has 1 N–H and O–H groups in total. The van der Waals surface area contributed by atoms with E-state index in [-0.39, 0.29) is 36.2 Å². The van der Waals surface area contributed by atoms with Crippen molar-refractivity contribution in [2.75, 3.05) is 71.1 Å². The molecule has 10 heteroatoms. The van der Waals surface area contributed by atoms with Crippen LogP contribution in [0.15, 0.2) is 24.3 Å². The lowest BCUT2D eigenvalue weighted by molar-refractivity contribution is -0.139. The fourth-order valence-electron chi connectivity index (χ4n) is 6.55. The Kier molecular flexibility index (Phi) is 9.17. The molecule has 1 aliphatic carbocycles. The van der Waals surface area contributed by atoms with Gasteiger partial charge in [0.15, 0.2) is 5.78 Å². The normalized spacial score (nSPS) is 26.7. The first-order valence-corrected chi connectivity index (χ1v) is 14.4. The lowest BCUT2D eigenvalue weighted by Crippen LogP contribution is -2.54. The van der Waals surface area contributed by atoms with E-state index in [2.05, 4.69) is 15.1 Å². The fourth-order valence-corrected chi connectivity index (χ4v) is 6.55. The van der Waals surface area contributed by atoms with Crippen LogP contribution in [-0.2, 0) is 23.8 Å². The van der Waals surface area contributed by atoms with E-state index < -0.39 is 18.2 Å². The number of rotatable bonds is 10. The molecule has 1 aromatic carbocycles. The maximum Gasteiger partial charge on any atom is 0.251 e. The molecule has 3 saturated heterocycles. The molecular weight excluding hydrogens is 500 g/mol. The maximum atomic E-state index is 13.9. The smallest absolute Gasteiger partial charge is 0.251 e. The van der Waals surface area contributed by atoms with Crippen LogP contribution in [0.4, 0.5) is 5.69 Å². The van der Waals surface area contributed by atoms with Gasteiger partial charge in [0.05, 0.1) is 13.2 Å². The Balaban J connectivity index is 1.25. The molecule has 3 heterocycles. The number of carbonyl (C=O) groups is 3. The van der Waals surface area contributed by atoms with Crippen LogP contribution in [0.3, 0.4) is 0 Å². The number of anilines is 1. The lowest BCUT2D eigenvalue weighted by atomic mass is 9.95. The van der Waals surface area contributed by atoms with E-state index in [0.29, 0.717) is 18.7 Å². The molecule has 0 radical (unpaired) electrons. The fraction of sp³-hybridized carbons (Fsp3) is 0.690. The third-order valence-electron chi connectivity index (χ3n) is 8.70. The first kappa shape index (κ1) is 28.0. The quantitative estimate of drug-likeness (QED) is 0.473. The molecule has 10 nitrogen and oxygen atoms in total. The van der Waals surface area contributed by atoms with Crippen molar-refractivity contribution in [1.82, 2.24) is 15.1 Å². The minimum Gasteiger partial charge on any atom is -0.383 e. The molecule has 214 valence electrons. The van der Waals surface area contributed by atoms with Crippen molar-refractivity contribution < 1.29 is 28.6 Å². The molecule has 0 bridgehead atoms. The Morgan fingerprint density at radius 3 is 2.49 bits per heavy atom. The summed E-state index contributed by atoms with van der Waals surface area (Å²) in [5.74, 6) is -0.504. The number of ether oxygens (including phenoxy) is 3. The zero-order valence-electron chi connectivity index (χ0n) is 23.2. The molecule has 0 unspecified atom stereocenters. The summed E-state index contributed by atoms with van der Waals surface area (Å²) in [6, 6.07) is 6.34. The summed E-state index contributed by atoms with van der Waals surface area (Å²) in [6.45, 7) is 8.17. The number of nitrogens with zero attached hydrogens (tertiary/aromatic N) is 3. The van der Waals surface area contributed by atoms with E-state index in [9.17, 15) is 14.4 Å². The monoisotopic (exact) mass is 542 g/mol. The van der Waals surface area contributed by atoms with Gasteiger partial charge >= 0.3 is 0 Å². The van der Waals surface area contributed by atoms with Gasteiger partial charge in [-0.2, -0.15) is 0 Å². The predicted molar refractivity (Wildman–Crippen MR) is 146 cm³/mol. The van der Waals surface area contributed by atoms with E-state index in [4.69, 9.17) is 14.2 Å². The summed E-state index contributed by atoms with van der Waals surface area (Å²) in [5.41, 5.74) is 1.62. The van der Waals surface area contributed by atoms with Gasteiger partial charge in [0.1, 0.15) is 30.9 Å². The molecule has 4 fully saturated rings. The molecule has 1 aromatic rings. The summed E-state index contributed by atoms with van der Waals surface area (Å²) in [7, 11) is 1.73. The minimum absolute atomic E-state index is 0.00229. The number of ketones is 1. The van der Waals surface area contributed by atoms with Crippen molar-refractivity contribution in [3.8, 4) is 0 Å². The van der Waals surface area contributed by atoms with Gasteiger partial charge in [-0.05, 0) is 49.9 Å². The van der Waals surface area contributed by atoms with E-state index in [1.54, 1.807) is 12.0 Å². The highest BCUT2D eigenvalue weighted by Gasteiger charge is 2.54. The number of benzene rings is 1. The maximum absolute atomic E-state index is 13.9. The van der Waals surface area contributed by atoms with Crippen molar-refractivity contribution in [2.45, 2.75) is 56.9 Å². The van der Waals surface area contributed by atoms with Crippen LogP contribution in [0.2, 0.25) is 0 Å². The third-order valence-corrected chi connectivity index (χ3v) is 8.70. The van der Waals surface area contributed by atoms with Crippen molar-refractivity contribution >= 4 is 23.3 Å². The van der Waals surface area contributed by atoms with E-state index >= 15 is 0 Å². The topological polar surface area (TPSA) is 101 Å². The molecule has 2 amide bonds. The Labute approximate surface area is 230 Å². The Hall–Kier alpha value is -2.53. The summed E-state index contributed by atoms with van der Waals surface area (Å²) in [5, 5.41) is 3.06. The number of likely N-dealkylation sites (tertiary alicyclic amines) is 1. The highest BCUT2D eigenvalue weighted by Crippen LogP contribution is 2.34. The molecule has 5 rings (SSSR count). The van der Waals surface area contributed by atoms with Crippen LogP contribution >= 0.6 is 0 Å². The SMILES string of the molecule is CCO[C@H]1CN(C(=O)[C@@H](NC(=O)c2ccc(N3CCN(CCOC)CC3)cc2)C2CCCC2)[C@@H]2C(=O)CO[C@H]12. The second-order valence-corrected chi connectivity index (χ2v) is 11.0. The molecule has 4 atom stereocenters. The lowest BCUT2D eigenvalue weighted by Gasteiger charge is -2.36. The molecule has 39 heavy (non-hydrogen) atoms. The van der Waals surface area contributed by atoms with Crippen LogP contribution in [0.25, 0.3) is 0 Å². The third kappa shape index (κ3) is 6.14. The van der Waals surface area contributed by atoms with Crippen LogP contribution in [0.5, 0.6) is 0 Å². The number of Topliss-reactive ketones (excluding diaryl/α,β-unsaturated/α-hetero) is 1. The van der Waals surface area contributed by atoms with Gasteiger partial charge in [-0.15, -0.1) is 0 Å². The van der Waals surface area contributed by atoms with Crippen LogP contribution in [0.1, 0.15) is 43.0 Å². The number of hydrogen-bond donors (Lipinski definition) is 1. The molecule has 4 aliphatic rings. The number of nitrogens with one attached hydrogen (secondary N) is 1. The molecule has 0 aromatic heterocycles. The number of carbonyl (C=O) groups excluding carboxylic acids is 3. The number of amides is 2. The molecule has 0 spiro atoms. The van der Waals surface area contributed by atoms with Crippen LogP contribution < -0.4 is 10.2 Å². The first-order valence-electron chi connectivity index (χ1n) is 14.4. The zero-order valence-corrected chi connectivity index (χ0v) is 23.2. The van der Waals surface area contributed by atoms with Gasteiger partial charge in [-0.25, -0.2) is 0 Å². The Bertz CT molecular complexity index is 1010. The van der Waals surface area contributed by atoms with E-state index in [0.717, 1.165) is 70.7 Å². The summed E-state index contributed by atoms with van der Waals surface area (Å²) < 4.78 is 16.7. The highest BCUT2D eigenvalue weighted by atomic mass is 16.6. The Morgan fingerprint density at radius 2 is 1.82 bits per heavy atom. The van der Waals surface area contributed by atoms with Gasteiger partial charge in [-0.1, -0.05) is 12.8 Å². The van der Waals surface area contributed by atoms with Crippen molar-refractivity contribution in [1.29, 1.82) is 0 Å². The van der Waals surface area contributed by atoms with Gasteiger partial charge in [0, 0.05) is 57.7 Å². The summed E-state index contributed by atoms with van der Waals surface area (Å²) >= 11 is 0. The number of methoxy groups -OCH3 is 1. The largest absolute Gasteiger partial charge is 0.383 e. The average molecular weight is 543 g/mol. The van der Waals surface area contributed by atoms with E-state index in [1.165, 1.54) is 0 Å². The summed E-state index contributed by atoms with van der Waals surface area (Å²) in [4.78, 5) is 46.3. The van der Waals surface area contributed by atoms with Gasteiger partial charge in [-0.3, -0.25) is 19.3 Å². The van der Waals surface area contributed by atoms with Crippen molar-refractivity contribution in [3.63, 3.8) is 0 Å². The number of fused-ring (bicyclic) bond motifs is 1. The summed E-state index contributed by atoms with van der Waals surface area (Å²) in [6.07, 6.45) is 3.07. The number of hydrogen-bond acceptors (Lipinski definition) is 8. The standard InChI is InChI=1S/C29H42N4O6/c1-3-38-24-18-33(26-23(34)19-39-27(24)26)29(36)25(20-6-4-5-7-20)30-28(35)21-8-10-22(11-9-21)32-14-12-31(13-15-32)16-17-37-2/h8-11,20,24-27H,3-7,12-19H2,1-2H3,(H,30,35)/t24-,25-,26+,27+/m0/s1. The van der Waals surface area contributed by atoms with Gasteiger partial charge < -0.3 is 29.3 Å². The Morgan fingerprint density at radius 1 is 1.10 bits per heavy atom. The molecule has 1 saturated carbocycles. The first-order chi connectivity index (χ1) is 19.0. The second-order valence-electron chi connectivity index (χ2n) is 11.0. The van der Waals surface area contributed by atoms with Crippen molar-refractivity contribution in [3.05, 3.63) is 29.8 Å². The highest BCUT2D eigenvalue weighted by molar-refractivity contribution is 5.99. The molecule has 3 aliphatic heterocycles. The van der Waals surface area contributed by atoms with Crippen molar-refractivity contribution in [2.24, 2.45) is 5.92 Å². The second kappa shape index (κ2) is 12.8. The van der Waals surface area contributed by atoms with Gasteiger partial charge in [0.2, 0.25) is 5.91 Å². The van der Waals surface area contributed by atoms with Crippen LogP contribution in [-0.4, -0.2) is 118 Å². The zero-order chi connectivity index (χ0) is 27.4. The molecular formula is C29H42N4O6. The van der Waals surface area contributed by atoms with Gasteiger partial charge in [0.25, 0.3) is 5.91 Å². The van der Waals surface area contributed by atoms with E-state index in [1.807, 2.05) is 31.2 Å². The average Bonchev–Trinajstić information content (AvgIpc) is 3.71. The number of piperazine rings is 1.